The Balaban J connectivity index is 1.33. The van der Waals surface area contributed by atoms with Crippen molar-refractivity contribution in [3.63, 3.8) is 0 Å². The standard InChI is InChI=1S/C37H21NO2/c38-22-23-6-5-7-24(16-23)27-17-28(25-12-14-32-30-8-1-3-10-34(30)39-36(32)20-25)19-29(18-27)26-13-15-33-31-9-2-4-11-35(31)40-37(33)21-26/h1-21H. The SMILES string of the molecule is N#Cc1cccc(-c2cc(-c3ccc4c(c3)oc3ccccc34)cc(-c3ccc4c(c3)oc3ccccc34)c2)c1. The fourth-order valence-electron chi connectivity index (χ4n) is 5.71. The van der Waals surface area contributed by atoms with Crippen LogP contribution in [-0.2, 0) is 0 Å². The molecule has 8 aromatic rings. The minimum absolute atomic E-state index is 0.636. The molecular formula is C37H21NO2. The summed E-state index contributed by atoms with van der Waals surface area (Å²) >= 11 is 0. The number of hydrogen-bond donors (Lipinski definition) is 0. The summed E-state index contributed by atoms with van der Waals surface area (Å²) in [6.07, 6.45) is 0. The van der Waals surface area contributed by atoms with Crippen molar-refractivity contribution in [1.29, 1.82) is 5.26 Å². The monoisotopic (exact) mass is 511 g/mol. The van der Waals surface area contributed by atoms with Crippen LogP contribution in [0.15, 0.2) is 136 Å². The maximum Gasteiger partial charge on any atom is 0.136 e. The van der Waals surface area contributed by atoms with Crippen molar-refractivity contribution in [2.45, 2.75) is 0 Å². The fourth-order valence-corrected chi connectivity index (χ4v) is 5.71. The summed E-state index contributed by atoms with van der Waals surface area (Å²) in [6.45, 7) is 0. The van der Waals surface area contributed by atoms with Crippen LogP contribution in [0.3, 0.4) is 0 Å². The highest BCUT2D eigenvalue weighted by molar-refractivity contribution is 6.07. The number of para-hydroxylation sites is 2. The van der Waals surface area contributed by atoms with Gasteiger partial charge in [0, 0.05) is 21.5 Å². The number of benzene rings is 6. The highest BCUT2D eigenvalue weighted by Gasteiger charge is 2.13. The average molecular weight is 512 g/mol. The second-order valence-electron chi connectivity index (χ2n) is 10.1. The molecule has 0 spiro atoms. The fraction of sp³-hybridized carbons (Fsp3) is 0. The van der Waals surface area contributed by atoms with Crippen LogP contribution in [0.4, 0.5) is 0 Å². The Morgan fingerprint density at radius 3 is 1.38 bits per heavy atom. The number of nitrogens with zero attached hydrogens (tertiary/aromatic N) is 1. The average Bonchev–Trinajstić information content (AvgIpc) is 3.58. The molecule has 2 heterocycles. The largest absolute Gasteiger partial charge is 0.456 e. The number of furan rings is 2. The molecule has 0 atom stereocenters. The van der Waals surface area contributed by atoms with E-state index in [0.717, 1.165) is 77.3 Å². The quantitative estimate of drug-likeness (QED) is 0.237. The minimum Gasteiger partial charge on any atom is -0.456 e. The first-order chi connectivity index (χ1) is 19.7. The lowest BCUT2D eigenvalue weighted by molar-refractivity contribution is 0.668. The van der Waals surface area contributed by atoms with Crippen molar-refractivity contribution in [3.05, 3.63) is 133 Å². The number of hydrogen-bond acceptors (Lipinski definition) is 3. The molecule has 2 aromatic heterocycles. The molecule has 0 saturated heterocycles. The van der Waals surface area contributed by atoms with Crippen LogP contribution < -0.4 is 0 Å². The molecule has 6 aromatic carbocycles. The van der Waals surface area contributed by atoms with Gasteiger partial charge in [0.25, 0.3) is 0 Å². The van der Waals surface area contributed by atoms with Crippen LogP contribution in [0.5, 0.6) is 0 Å². The van der Waals surface area contributed by atoms with Gasteiger partial charge in [-0.2, -0.15) is 5.26 Å². The molecule has 0 amide bonds. The summed E-state index contributed by atoms with van der Waals surface area (Å²) in [5.41, 5.74) is 10.4. The van der Waals surface area contributed by atoms with Crippen LogP contribution >= 0.6 is 0 Å². The molecule has 0 bridgehead atoms. The van der Waals surface area contributed by atoms with Gasteiger partial charge in [0.1, 0.15) is 22.3 Å². The summed E-state index contributed by atoms with van der Waals surface area (Å²) in [6, 6.07) is 45.7. The van der Waals surface area contributed by atoms with Gasteiger partial charge in [-0.25, -0.2) is 0 Å². The Bertz CT molecular complexity index is 2160. The van der Waals surface area contributed by atoms with Gasteiger partial charge in [0.15, 0.2) is 0 Å². The molecule has 0 unspecified atom stereocenters. The summed E-state index contributed by atoms with van der Waals surface area (Å²) in [5, 5.41) is 14.0. The molecule has 186 valence electrons. The number of rotatable bonds is 3. The Morgan fingerprint density at radius 1 is 0.375 bits per heavy atom. The van der Waals surface area contributed by atoms with Crippen molar-refractivity contribution in [2.24, 2.45) is 0 Å². The smallest absolute Gasteiger partial charge is 0.136 e. The highest BCUT2D eigenvalue weighted by Crippen LogP contribution is 2.38. The highest BCUT2D eigenvalue weighted by atomic mass is 16.3. The van der Waals surface area contributed by atoms with Gasteiger partial charge in [-0.3, -0.25) is 0 Å². The Morgan fingerprint density at radius 2 is 0.850 bits per heavy atom. The molecule has 0 aliphatic heterocycles. The molecule has 0 aliphatic rings. The predicted octanol–water partition coefficient (Wildman–Crippen LogP) is 10.4. The summed E-state index contributed by atoms with van der Waals surface area (Å²) in [5.74, 6) is 0. The second kappa shape index (κ2) is 8.73. The molecule has 0 saturated carbocycles. The second-order valence-corrected chi connectivity index (χ2v) is 10.1. The van der Waals surface area contributed by atoms with Gasteiger partial charge < -0.3 is 8.83 Å². The lowest BCUT2D eigenvalue weighted by Crippen LogP contribution is -1.87. The molecule has 0 radical (unpaired) electrons. The predicted molar refractivity (Wildman–Crippen MR) is 162 cm³/mol. The molecule has 0 fully saturated rings. The first-order valence-corrected chi connectivity index (χ1v) is 13.2. The van der Waals surface area contributed by atoms with Gasteiger partial charge in [0.05, 0.1) is 11.6 Å². The van der Waals surface area contributed by atoms with E-state index in [-0.39, 0.29) is 0 Å². The molecule has 3 nitrogen and oxygen atoms in total. The topological polar surface area (TPSA) is 50.1 Å². The third-order valence-electron chi connectivity index (χ3n) is 7.68. The molecule has 8 rings (SSSR count). The van der Waals surface area contributed by atoms with Crippen LogP contribution in [0.1, 0.15) is 5.56 Å². The van der Waals surface area contributed by atoms with Crippen molar-refractivity contribution in [2.75, 3.05) is 0 Å². The van der Waals surface area contributed by atoms with E-state index in [0.29, 0.717) is 5.56 Å². The summed E-state index contributed by atoms with van der Waals surface area (Å²) in [7, 11) is 0. The summed E-state index contributed by atoms with van der Waals surface area (Å²) in [4.78, 5) is 0. The van der Waals surface area contributed by atoms with Crippen LogP contribution in [0, 0.1) is 11.3 Å². The zero-order valence-corrected chi connectivity index (χ0v) is 21.4. The maximum absolute atomic E-state index is 9.52. The van der Waals surface area contributed by atoms with Gasteiger partial charge in [-0.15, -0.1) is 0 Å². The third-order valence-corrected chi connectivity index (χ3v) is 7.68. The van der Waals surface area contributed by atoms with Crippen LogP contribution in [0.2, 0.25) is 0 Å². The van der Waals surface area contributed by atoms with E-state index >= 15 is 0 Å². The molecule has 40 heavy (non-hydrogen) atoms. The lowest BCUT2D eigenvalue weighted by Gasteiger charge is -2.12. The number of nitriles is 1. The van der Waals surface area contributed by atoms with E-state index in [9.17, 15) is 5.26 Å². The van der Waals surface area contributed by atoms with Crippen molar-refractivity contribution < 1.29 is 8.83 Å². The third kappa shape index (κ3) is 3.59. The van der Waals surface area contributed by atoms with E-state index in [1.54, 1.807) is 0 Å². The zero-order chi connectivity index (χ0) is 26.6. The van der Waals surface area contributed by atoms with Crippen molar-refractivity contribution in [3.8, 4) is 39.4 Å². The van der Waals surface area contributed by atoms with Gasteiger partial charge in [0.2, 0.25) is 0 Å². The maximum atomic E-state index is 9.52. The molecular weight excluding hydrogens is 490 g/mol. The van der Waals surface area contributed by atoms with Crippen LogP contribution in [0.25, 0.3) is 77.3 Å². The van der Waals surface area contributed by atoms with Crippen LogP contribution in [-0.4, -0.2) is 0 Å². The van der Waals surface area contributed by atoms with E-state index in [1.165, 1.54) is 0 Å². The Kier molecular flexibility index (Phi) is 4.89. The number of fused-ring (bicyclic) bond motifs is 6. The van der Waals surface area contributed by atoms with Crippen molar-refractivity contribution in [1.82, 2.24) is 0 Å². The van der Waals surface area contributed by atoms with Gasteiger partial charge >= 0.3 is 0 Å². The van der Waals surface area contributed by atoms with E-state index < -0.39 is 0 Å². The molecule has 3 heteroatoms. The lowest BCUT2D eigenvalue weighted by atomic mass is 9.92. The van der Waals surface area contributed by atoms with E-state index in [2.05, 4.69) is 78.9 Å². The van der Waals surface area contributed by atoms with Gasteiger partial charge in [-0.05, 0) is 100 Å². The Hall–Kier alpha value is -5.59. The van der Waals surface area contributed by atoms with Crippen molar-refractivity contribution >= 4 is 43.9 Å². The van der Waals surface area contributed by atoms with E-state index in [4.69, 9.17) is 8.83 Å². The summed E-state index contributed by atoms with van der Waals surface area (Å²) < 4.78 is 12.4. The minimum atomic E-state index is 0.636. The molecule has 0 N–H and O–H groups in total. The zero-order valence-electron chi connectivity index (χ0n) is 21.4. The first-order valence-electron chi connectivity index (χ1n) is 13.2. The normalized spacial score (nSPS) is 11.5. The van der Waals surface area contributed by atoms with Gasteiger partial charge in [-0.1, -0.05) is 60.7 Å². The Labute approximate surface area is 230 Å². The first kappa shape index (κ1) is 22.4. The molecule has 0 aliphatic carbocycles. The van der Waals surface area contributed by atoms with E-state index in [1.807, 2.05) is 54.6 Å².